The zero-order valence-corrected chi connectivity index (χ0v) is 15.9. The lowest BCUT2D eigenvalue weighted by Crippen LogP contribution is -2.23. The molecule has 1 saturated carbocycles. The first-order valence-corrected chi connectivity index (χ1v) is 9.84. The molecule has 0 aliphatic heterocycles. The van der Waals surface area contributed by atoms with Crippen LogP contribution in [0.1, 0.15) is 25.8 Å². The number of nitrogens with zero attached hydrogens (tertiary/aromatic N) is 3. The lowest BCUT2D eigenvalue weighted by atomic mass is 10.2. The van der Waals surface area contributed by atoms with E-state index >= 15 is 0 Å². The number of hydrogen-bond donors (Lipinski definition) is 1. The van der Waals surface area contributed by atoms with E-state index in [1.807, 2.05) is 4.57 Å². The Morgan fingerprint density at radius 3 is 2.46 bits per heavy atom. The molecular formula is C20H18F2N4OS. The number of carbonyl (C=O) groups excluding carboxylic acids is 1. The quantitative estimate of drug-likeness (QED) is 0.611. The van der Waals surface area contributed by atoms with E-state index in [0.29, 0.717) is 16.5 Å². The van der Waals surface area contributed by atoms with Gasteiger partial charge in [0.1, 0.15) is 11.6 Å². The number of thioether (sulfide) groups is 1. The molecule has 1 aromatic heterocycles. The van der Waals surface area contributed by atoms with E-state index in [-0.39, 0.29) is 23.5 Å². The van der Waals surface area contributed by atoms with Gasteiger partial charge in [-0.3, -0.25) is 9.36 Å². The predicted molar refractivity (Wildman–Crippen MR) is 104 cm³/mol. The summed E-state index contributed by atoms with van der Waals surface area (Å²) in [6.45, 7) is 1.72. The van der Waals surface area contributed by atoms with Crippen LogP contribution in [0.5, 0.6) is 0 Å². The Bertz CT molecular complexity index is 1020. The van der Waals surface area contributed by atoms with Gasteiger partial charge in [-0.05, 0) is 44.0 Å². The second kappa shape index (κ2) is 7.71. The number of hydrogen-bond acceptors (Lipinski definition) is 4. The number of benzene rings is 2. The zero-order chi connectivity index (χ0) is 19.7. The van der Waals surface area contributed by atoms with Crippen molar-refractivity contribution < 1.29 is 13.6 Å². The van der Waals surface area contributed by atoms with Gasteiger partial charge in [-0.15, -0.1) is 10.2 Å². The Kier molecular flexibility index (Phi) is 5.13. The Labute approximate surface area is 165 Å². The minimum Gasteiger partial charge on any atom is -0.323 e. The molecule has 0 saturated heterocycles. The zero-order valence-electron chi connectivity index (χ0n) is 15.1. The van der Waals surface area contributed by atoms with Crippen molar-refractivity contribution in [3.63, 3.8) is 0 Å². The average Bonchev–Trinajstić information content (AvgIpc) is 3.44. The number of halogens is 2. The first-order chi connectivity index (χ1) is 13.5. The molecule has 1 N–H and O–H groups in total. The molecule has 8 heteroatoms. The molecule has 4 rings (SSSR count). The molecule has 0 bridgehead atoms. The maximum atomic E-state index is 14.2. The first-order valence-electron chi connectivity index (χ1n) is 8.96. The van der Waals surface area contributed by atoms with Crippen LogP contribution in [0.3, 0.4) is 0 Å². The van der Waals surface area contributed by atoms with Crippen LogP contribution in [-0.4, -0.2) is 25.9 Å². The fraction of sp³-hybridized carbons (Fsp3) is 0.250. The molecule has 144 valence electrons. The highest BCUT2D eigenvalue weighted by molar-refractivity contribution is 8.00. The number of rotatable bonds is 6. The molecular weight excluding hydrogens is 382 g/mol. The van der Waals surface area contributed by atoms with E-state index in [2.05, 4.69) is 15.5 Å². The molecule has 1 atom stereocenters. The molecule has 1 heterocycles. The van der Waals surface area contributed by atoms with Crippen molar-refractivity contribution in [3.05, 3.63) is 60.2 Å². The summed E-state index contributed by atoms with van der Waals surface area (Å²) in [7, 11) is 0. The fourth-order valence-corrected chi connectivity index (χ4v) is 3.77. The van der Waals surface area contributed by atoms with Crippen LogP contribution in [0.15, 0.2) is 53.7 Å². The fourth-order valence-electron chi connectivity index (χ4n) is 2.85. The van der Waals surface area contributed by atoms with Gasteiger partial charge in [0.15, 0.2) is 11.0 Å². The van der Waals surface area contributed by atoms with E-state index in [1.54, 1.807) is 37.3 Å². The molecule has 5 nitrogen and oxygen atoms in total. The van der Waals surface area contributed by atoms with Gasteiger partial charge in [0.25, 0.3) is 0 Å². The standard InChI is InChI=1S/C20H18F2N4OS/c1-12(19(27)23-17-9-5-4-8-16(17)22)28-20-25-24-18(26(20)13-10-11-13)14-6-2-3-7-15(14)21/h2-9,12-13H,10-11H2,1H3,(H,23,27). The SMILES string of the molecule is CC(Sc1nnc(-c2ccccc2F)n1C1CC1)C(=O)Nc1ccccc1F. The molecule has 1 aliphatic carbocycles. The third-order valence-corrected chi connectivity index (χ3v) is 5.53. The summed E-state index contributed by atoms with van der Waals surface area (Å²) in [5.74, 6) is -0.729. The van der Waals surface area contributed by atoms with E-state index < -0.39 is 11.1 Å². The van der Waals surface area contributed by atoms with Gasteiger partial charge in [0, 0.05) is 6.04 Å². The Morgan fingerprint density at radius 2 is 1.79 bits per heavy atom. The van der Waals surface area contributed by atoms with Gasteiger partial charge >= 0.3 is 0 Å². The molecule has 1 aliphatic rings. The Balaban J connectivity index is 1.56. The van der Waals surface area contributed by atoms with Crippen molar-refractivity contribution in [2.75, 3.05) is 5.32 Å². The number of carbonyl (C=O) groups is 1. The maximum Gasteiger partial charge on any atom is 0.237 e. The average molecular weight is 400 g/mol. The van der Waals surface area contributed by atoms with E-state index in [9.17, 15) is 13.6 Å². The number of aromatic nitrogens is 3. The van der Waals surface area contributed by atoms with Gasteiger partial charge in [0.05, 0.1) is 16.5 Å². The molecule has 0 spiro atoms. The predicted octanol–water partition coefficient (Wildman–Crippen LogP) is 4.68. The van der Waals surface area contributed by atoms with Crippen molar-refractivity contribution >= 4 is 23.4 Å². The molecule has 28 heavy (non-hydrogen) atoms. The Hall–Kier alpha value is -2.74. The minimum absolute atomic E-state index is 0.135. The van der Waals surface area contributed by atoms with Crippen LogP contribution in [0.4, 0.5) is 14.5 Å². The first kappa shape index (κ1) is 18.6. The van der Waals surface area contributed by atoms with E-state index in [0.717, 1.165) is 12.8 Å². The molecule has 1 fully saturated rings. The van der Waals surface area contributed by atoms with Crippen LogP contribution in [-0.2, 0) is 4.79 Å². The second-order valence-corrected chi connectivity index (χ2v) is 7.92. The highest BCUT2D eigenvalue weighted by atomic mass is 32.2. The highest BCUT2D eigenvalue weighted by Crippen LogP contribution is 2.42. The molecule has 1 amide bonds. The summed E-state index contributed by atoms with van der Waals surface area (Å²) in [5.41, 5.74) is 0.521. The largest absolute Gasteiger partial charge is 0.323 e. The summed E-state index contributed by atoms with van der Waals surface area (Å²) in [5, 5.41) is 11.0. The monoisotopic (exact) mass is 400 g/mol. The topological polar surface area (TPSA) is 59.8 Å². The third-order valence-electron chi connectivity index (χ3n) is 4.47. The van der Waals surface area contributed by atoms with Gasteiger partial charge in [-0.25, -0.2) is 8.78 Å². The van der Waals surface area contributed by atoms with Crippen LogP contribution < -0.4 is 5.32 Å². The normalized spacial score (nSPS) is 14.7. The van der Waals surface area contributed by atoms with Crippen molar-refractivity contribution in [1.82, 2.24) is 14.8 Å². The molecule has 3 aromatic rings. The minimum atomic E-state index is -0.533. The third kappa shape index (κ3) is 3.77. The van der Waals surface area contributed by atoms with Crippen molar-refractivity contribution in [2.24, 2.45) is 0 Å². The van der Waals surface area contributed by atoms with Crippen molar-refractivity contribution in [2.45, 2.75) is 36.2 Å². The molecule has 1 unspecified atom stereocenters. The number of nitrogens with one attached hydrogen (secondary N) is 1. The Morgan fingerprint density at radius 1 is 1.11 bits per heavy atom. The number of amides is 1. The van der Waals surface area contributed by atoms with Gasteiger partial charge in [0.2, 0.25) is 5.91 Å². The number of para-hydroxylation sites is 1. The lowest BCUT2D eigenvalue weighted by molar-refractivity contribution is -0.115. The van der Waals surface area contributed by atoms with Crippen LogP contribution >= 0.6 is 11.8 Å². The molecule has 2 aromatic carbocycles. The van der Waals surface area contributed by atoms with E-state index in [1.165, 1.54) is 30.0 Å². The molecule has 0 radical (unpaired) electrons. The lowest BCUT2D eigenvalue weighted by Gasteiger charge is -2.14. The highest BCUT2D eigenvalue weighted by Gasteiger charge is 2.32. The summed E-state index contributed by atoms with van der Waals surface area (Å²) >= 11 is 1.23. The second-order valence-electron chi connectivity index (χ2n) is 6.62. The van der Waals surface area contributed by atoms with Crippen LogP contribution in [0, 0.1) is 11.6 Å². The van der Waals surface area contributed by atoms with Crippen molar-refractivity contribution in [1.29, 1.82) is 0 Å². The smallest absolute Gasteiger partial charge is 0.237 e. The van der Waals surface area contributed by atoms with Crippen LogP contribution in [0.25, 0.3) is 11.4 Å². The van der Waals surface area contributed by atoms with Gasteiger partial charge in [-0.2, -0.15) is 0 Å². The summed E-state index contributed by atoms with van der Waals surface area (Å²) in [4.78, 5) is 12.5. The van der Waals surface area contributed by atoms with Gasteiger partial charge in [-0.1, -0.05) is 36.0 Å². The van der Waals surface area contributed by atoms with Crippen molar-refractivity contribution in [3.8, 4) is 11.4 Å². The summed E-state index contributed by atoms with van der Waals surface area (Å²) < 4.78 is 29.9. The van der Waals surface area contributed by atoms with E-state index in [4.69, 9.17) is 0 Å². The summed E-state index contributed by atoms with van der Waals surface area (Å²) in [6, 6.07) is 12.6. The van der Waals surface area contributed by atoms with Crippen LogP contribution in [0.2, 0.25) is 0 Å². The van der Waals surface area contributed by atoms with Gasteiger partial charge < -0.3 is 5.32 Å². The maximum absolute atomic E-state index is 14.2. The number of anilines is 1. The summed E-state index contributed by atoms with van der Waals surface area (Å²) in [6.07, 6.45) is 1.92.